The summed E-state index contributed by atoms with van der Waals surface area (Å²) in [4.78, 5) is 25.3. The number of rotatable bonds is 7. The van der Waals surface area contributed by atoms with Gasteiger partial charge in [0.15, 0.2) is 0 Å². The van der Waals surface area contributed by atoms with Crippen molar-refractivity contribution >= 4 is 42.3 Å². The van der Waals surface area contributed by atoms with Gasteiger partial charge in [-0.2, -0.15) is 0 Å². The summed E-state index contributed by atoms with van der Waals surface area (Å²) >= 11 is 0. The van der Waals surface area contributed by atoms with E-state index in [1.165, 1.54) is 0 Å². The Balaban J connectivity index is 0.00000264. The summed E-state index contributed by atoms with van der Waals surface area (Å²) in [5.41, 5.74) is 7.30. The van der Waals surface area contributed by atoms with Crippen LogP contribution in [0.5, 0.6) is 0 Å². The lowest BCUT2D eigenvalue weighted by molar-refractivity contribution is -0.122. The third-order valence-electron chi connectivity index (χ3n) is 3.89. The van der Waals surface area contributed by atoms with Crippen LogP contribution < -0.4 is 16.4 Å². The van der Waals surface area contributed by atoms with E-state index < -0.39 is 0 Å². The fourth-order valence-electron chi connectivity index (χ4n) is 2.78. The van der Waals surface area contributed by atoms with Crippen molar-refractivity contribution < 1.29 is 9.59 Å². The van der Waals surface area contributed by atoms with Gasteiger partial charge in [-0.25, -0.2) is 0 Å². The fourth-order valence-corrected chi connectivity index (χ4v) is 2.78. The number of nitrogens with one attached hydrogen (secondary N) is 2. The van der Waals surface area contributed by atoms with Crippen molar-refractivity contribution in [1.29, 1.82) is 0 Å². The molecule has 1 aromatic rings. The fraction of sp³-hybridized carbons (Fsp3) is 0.500. The number of hydrogen-bond donors (Lipinski definition) is 3. The van der Waals surface area contributed by atoms with E-state index in [-0.39, 0.29) is 42.7 Å². The van der Waals surface area contributed by atoms with E-state index in [4.69, 9.17) is 5.73 Å². The van der Waals surface area contributed by atoms with E-state index in [1.54, 1.807) is 0 Å². The number of primary amides is 1. The highest BCUT2D eigenvalue weighted by atomic mass is 35.5. The molecule has 0 radical (unpaired) electrons. The first-order valence-corrected chi connectivity index (χ1v) is 7.67. The molecule has 0 bridgehead atoms. The molecule has 0 saturated carbocycles. The number of carbonyl (C=O) groups is 2. The van der Waals surface area contributed by atoms with Crippen molar-refractivity contribution in [3.8, 4) is 0 Å². The Bertz CT molecular complexity index is 543. The van der Waals surface area contributed by atoms with Gasteiger partial charge in [0.25, 0.3) is 0 Å². The predicted octanol–water partition coefficient (Wildman–Crippen LogP) is 1.53. The van der Waals surface area contributed by atoms with Crippen LogP contribution in [0.25, 0.3) is 0 Å². The Kier molecular flexibility index (Phi) is 10.6. The van der Waals surface area contributed by atoms with Crippen LogP contribution in [0.4, 0.5) is 5.69 Å². The predicted molar refractivity (Wildman–Crippen MR) is 101 cm³/mol. The number of likely N-dealkylation sites (tertiary alicyclic amines) is 1. The summed E-state index contributed by atoms with van der Waals surface area (Å²) in [5, 5.41) is 5.84. The van der Waals surface area contributed by atoms with Crippen molar-refractivity contribution in [2.24, 2.45) is 5.73 Å². The van der Waals surface area contributed by atoms with Crippen LogP contribution in [0.2, 0.25) is 0 Å². The largest absolute Gasteiger partial charge is 0.368 e. The molecule has 136 valence electrons. The molecule has 0 aliphatic carbocycles. The molecular weight excluding hydrogens is 351 g/mol. The number of nitrogens with zero attached hydrogens (tertiary/aromatic N) is 1. The first-order chi connectivity index (χ1) is 10.6. The normalized spacial score (nSPS) is 16.8. The van der Waals surface area contributed by atoms with Crippen molar-refractivity contribution in [1.82, 2.24) is 10.2 Å². The topological polar surface area (TPSA) is 87.5 Å². The summed E-state index contributed by atoms with van der Waals surface area (Å²) in [5.74, 6) is -0.267. The minimum Gasteiger partial charge on any atom is -0.368 e. The Morgan fingerprint density at radius 2 is 2.08 bits per heavy atom. The second-order valence-electron chi connectivity index (χ2n) is 5.63. The van der Waals surface area contributed by atoms with E-state index in [1.807, 2.05) is 31.3 Å². The Morgan fingerprint density at radius 1 is 1.33 bits per heavy atom. The zero-order valence-corrected chi connectivity index (χ0v) is 15.4. The van der Waals surface area contributed by atoms with Gasteiger partial charge in [0, 0.05) is 25.2 Å². The molecular formula is C16H26Cl2N4O2. The molecule has 4 N–H and O–H groups in total. The molecule has 1 aromatic carbocycles. The average Bonchev–Trinajstić information content (AvgIpc) is 2.94. The number of halogens is 2. The summed E-state index contributed by atoms with van der Waals surface area (Å²) in [6, 6.07) is 7.57. The van der Waals surface area contributed by atoms with Crippen LogP contribution in [-0.4, -0.2) is 42.9 Å². The van der Waals surface area contributed by atoms with Crippen molar-refractivity contribution in [3.63, 3.8) is 0 Å². The molecule has 1 saturated heterocycles. The smallest absolute Gasteiger partial charge is 0.234 e. The molecule has 1 aliphatic rings. The van der Waals surface area contributed by atoms with Gasteiger partial charge in [0.1, 0.15) is 0 Å². The minimum absolute atomic E-state index is 0. The van der Waals surface area contributed by atoms with Gasteiger partial charge < -0.3 is 16.4 Å². The highest BCUT2D eigenvalue weighted by Gasteiger charge is 2.28. The lowest BCUT2D eigenvalue weighted by atomic mass is 10.1. The molecule has 2 amide bonds. The van der Waals surface area contributed by atoms with E-state index in [2.05, 4.69) is 15.5 Å². The van der Waals surface area contributed by atoms with Crippen LogP contribution in [0, 0.1) is 0 Å². The minimum atomic E-state index is -0.256. The van der Waals surface area contributed by atoms with Gasteiger partial charge in [0.2, 0.25) is 11.8 Å². The molecule has 1 aliphatic heterocycles. The third-order valence-corrected chi connectivity index (χ3v) is 3.89. The van der Waals surface area contributed by atoms with E-state index in [0.717, 1.165) is 30.6 Å². The number of benzene rings is 1. The van der Waals surface area contributed by atoms with E-state index in [0.29, 0.717) is 19.5 Å². The van der Waals surface area contributed by atoms with Gasteiger partial charge >= 0.3 is 0 Å². The highest BCUT2D eigenvalue weighted by molar-refractivity contribution is 5.90. The summed E-state index contributed by atoms with van der Waals surface area (Å²) in [6.07, 6.45) is 2.26. The molecule has 8 heteroatoms. The maximum atomic E-state index is 11.7. The average molecular weight is 377 g/mol. The molecule has 0 spiro atoms. The SMILES string of the molecule is CNCCC(=O)Nc1cccc(CN2CCCC2C(N)=O)c1.Cl.Cl. The van der Waals surface area contributed by atoms with Gasteiger partial charge in [-0.3, -0.25) is 14.5 Å². The number of hydrogen-bond acceptors (Lipinski definition) is 4. The molecule has 1 heterocycles. The summed E-state index contributed by atoms with van der Waals surface area (Å²) in [7, 11) is 1.82. The number of nitrogens with two attached hydrogens (primary N) is 1. The second kappa shape index (κ2) is 11.3. The maximum absolute atomic E-state index is 11.7. The van der Waals surface area contributed by atoms with Crippen LogP contribution in [0.1, 0.15) is 24.8 Å². The number of amides is 2. The third kappa shape index (κ3) is 6.65. The zero-order valence-electron chi connectivity index (χ0n) is 13.8. The number of carbonyl (C=O) groups excluding carboxylic acids is 2. The quantitative estimate of drug-likeness (QED) is 0.673. The van der Waals surface area contributed by atoms with Gasteiger partial charge in [-0.05, 0) is 44.1 Å². The van der Waals surface area contributed by atoms with Crippen molar-refractivity contribution in [2.45, 2.75) is 31.8 Å². The Morgan fingerprint density at radius 3 is 2.75 bits per heavy atom. The monoisotopic (exact) mass is 376 g/mol. The Hall–Kier alpha value is -1.34. The summed E-state index contributed by atoms with van der Waals surface area (Å²) < 4.78 is 0. The summed E-state index contributed by atoms with van der Waals surface area (Å²) in [6.45, 7) is 2.21. The van der Waals surface area contributed by atoms with E-state index in [9.17, 15) is 9.59 Å². The first-order valence-electron chi connectivity index (χ1n) is 7.67. The molecule has 2 rings (SSSR count). The lowest BCUT2D eigenvalue weighted by Gasteiger charge is -2.22. The highest BCUT2D eigenvalue weighted by Crippen LogP contribution is 2.21. The van der Waals surface area contributed by atoms with Gasteiger partial charge in [-0.15, -0.1) is 24.8 Å². The van der Waals surface area contributed by atoms with E-state index >= 15 is 0 Å². The van der Waals surface area contributed by atoms with Crippen molar-refractivity contribution in [3.05, 3.63) is 29.8 Å². The van der Waals surface area contributed by atoms with Crippen LogP contribution in [0.3, 0.4) is 0 Å². The molecule has 1 atom stereocenters. The van der Waals surface area contributed by atoms with Crippen molar-refractivity contribution in [2.75, 3.05) is 25.5 Å². The van der Waals surface area contributed by atoms with Crippen LogP contribution >= 0.6 is 24.8 Å². The molecule has 1 unspecified atom stereocenters. The standard InChI is InChI=1S/C16H24N4O2.2ClH/c1-18-8-7-15(21)19-13-5-2-4-12(10-13)11-20-9-3-6-14(20)16(17)22;;/h2,4-5,10,14,18H,3,6-9,11H2,1H3,(H2,17,22)(H,19,21);2*1H. The lowest BCUT2D eigenvalue weighted by Crippen LogP contribution is -2.39. The number of anilines is 1. The second-order valence-corrected chi connectivity index (χ2v) is 5.63. The zero-order chi connectivity index (χ0) is 15.9. The van der Waals surface area contributed by atoms with Gasteiger partial charge in [0.05, 0.1) is 6.04 Å². The van der Waals surface area contributed by atoms with Gasteiger partial charge in [-0.1, -0.05) is 12.1 Å². The first kappa shape index (κ1) is 22.7. The van der Waals surface area contributed by atoms with Crippen LogP contribution in [-0.2, 0) is 16.1 Å². The molecule has 0 aromatic heterocycles. The molecule has 24 heavy (non-hydrogen) atoms. The molecule has 6 nitrogen and oxygen atoms in total. The molecule has 1 fully saturated rings. The van der Waals surface area contributed by atoms with Crippen LogP contribution in [0.15, 0.2) is 24.3 Å². The Labute approximate surface area is 155 Å². The maximum Gasteiger partial charge on any atom is 0.234 e.